The van der Waals surface area contributed by atoms with Crippen molar-refractivity contribution in [2.75, 3.05) is 25.1 Å². The van der Waals surface area contributed by atoms with Gasteiger partial charge in [-0.05, 0) is 86.1 Å². The second-order valence-electron chi connectivity index (χ2n) is 11.3. The zero-order chi connectivity index (χ0) is 30.2. The smallest absolute Gasteiger partial charge is 0.253 e. The first-order chi connectivity index (χ1) is 20.2. The Morgan fingerprint density at radius 3 is 2.55 bits per heavy atom. The first-order valence-corrected chi connectivity index (χ1v) is 14.8. The number of amides is 1. The Morgan fingerprint density at radius 2 is 1.86 bits per heavy atom. The predicted octanol–water partition coefficient (Wildman–Crippen LogP) is 3.71. The molecule has 0 spiro atoms. The fraction of sp³-hybridized carbons (Fsp3) is 0.455. The molecular weight excluding hydrogens is 532 g/mol. The number of pyridine rings is 1. The molecule has 226 valence electrons. The van der Waals surface area contributed by atoms with Crippen LogP contribution in [0.5, 0.6) is 0 Å². The summed E-state index contributed by atoms with van der Waals surface area (Å²) in [4.78, 5) is 28.9. The van der Waals surface area contributed by atoms with Crippen molar-refractivity contribution in [1.82, 2.24) is 15.6 Å². The van der Waals surface area contributed by atoms with Crippen molar-refractivity contribution in [1.29, 1.82) is 0 Å². The molecule has 3 atom stereocenters. The van der Waals surface area contributed by atoms with E-state index in [9.17, 15) is 14.7 Å². The highest BCUT2D eigenvalue weighted by molar-refractivity contribution is 5.98. The summed E-state index contributed by atoms with van der Waals surface area (Å²) >= 11 is 0. The fourth-order valence-electron chi connectivity index (χ4n) is 5.41. The molecule has 0 bridgehead atoms. The number of aryl methyl sites for hydroxylation is 2. The van der Waals surface area contributed by atoms with Crippen LogP contribution in [-0.2, 0) is 17.8 Å². The maximum absolute atomic E-state index is 13.6. The lowest BCUT2D eigenvalue weighted by Crippen LogP contribution is -2.34. The van der Waals surface area contributed by atoms with Crippen LogP contribution in [0.1, 0.15) is 64.5 Å². The average molecular weight is 577 g/mol. The SMILES string of the molecule is CC[C@H]1CC(Nc2cc(-c3ccc(CNCC(O)CO)cc3)cc(C(=O)NCc3c(C)cc(C)[nH]c3=O)c2C)CCO1. The van der Waals surface area contributed by atoms with Crippen molar-refractivity contribution >= 4 is 11.6 Å². The minimum atomic E-state index is -0.788. The normalized spacial score (nSPS) is 17.6. The van der Waals surface area contributed by atoms with Gasteiger partial charge in [0.25, 0.3) is 11.5 Å². The summed E-state index contributed by atoms with van der Waals surface area (Å²) in [5.41, 5.74) is 7.22. The van der Waals surface area contributed by atoms with Crippen LogP contribution in [0.3, 0.4) is 0 Å². The van der Waals surface area contributed by atoms with E-state index in [4.69, 9.17) is 9.84 Å². The maximum Gasteiger partial charge on any atom is 0.253 e. The molecule has 0 radical (unpaired) electrons. The highest BCUT2D eigenvalue weighted by Crippen LogP contribution is 2.31. The molecule has 9 heteroatoms. The molecular formula is C33H44N4O5. The highest BCUT2D eigenvalue weighted by Gasteiger charge is 2.23. The summed E-state index contributed by atoms with van der Waals surface area (Å²) in [6.45, 7) is 9.24. The van der Waals surface area contributed by atoms with Crippen LogP contribution in [-0.4, -0.2) is 59.1 Å². The number of benzene rings is 2. The molecule has 2 aromatic carbocycles. The van der Waals surface area contributed by atoms with E-state index in [0.717, 1.165) is 58.5 Å². The van der Waals surface area contributed by atoms with Gasteiger partial charge in [-0.25, -0.2) is 0 Å². The quantitative estimate of drug-likeness (QED) is 0.194. The lowest BCUT2D eigenvalue weighted by molar-refractivity contribution is 0.00924. The molecule has 1 fully saturated rings. The molecule has 4 rings (SSSR count). The second kappa shape index (κ2) is 14.6. The predicted molar refractivity (Wildman–Crippen MR) is 166 cm³/mol. The number of rotatable bonds is 12. The molecule has 0 aliphatic carbocycles. The van der Waals surface area contributed by atoms with Crippen molar-refractivity contribution < 1.29 is 19.7 Å². The van der Waals surface area contributed by atoms with Gasteiger partial charge in [0.1, 0.15) is 0 Å². The van der Waals surface area contributed by atoms with Crippen molar-refractivity contribution in [2.24, 2.45) is 0 Å². The summed E-state index contributed by atoms with van der Waals surface area (Å²) in [6, 6.07) is 14.2. The number of carbonyl (C=O) groups excluding carboxylic acids is 1. The van der Waals surface area contributed by atoms with E-state index in [1.165, 1.54) is 0 Å². The van der Waals surface area contributed by atoms with Gasteiger partial charge >= 0.3 is 0 Å². The molecule has 1 aliphatic rings. The third-order valence-electron chi connectivity index (χ3n) is 7.96. The third-order valence-corrected chi connectivity index (χ3v) is 7.96. The Bertz CT molecular complexity index is 1420. The van der Waals surface area contributed by atoms with Gasteiger partial charge in [-0.3, -0.25) is 9.59 Å². The van der Waals surface area contributed by atoms with E-state index in [2.05, 4.69) is 33.9 Å². The Kier molecular flexibility index (Phi) is 10.9. The number of aromatic nitrogens is 1. The minimum absolute atomic E-state index is 0.136. The summed E-state index contributed by atoms with van der Waals surface area (Å²) in [6.07, 6.45) is 2.19. The average Bonchev–Trinajstić information content (AvgIpc) is 2.98. The van der Waals surface area contributed by atoms with Crippen LogP contribution in [0, 0.1) is 20.8 Å². The van der Waals surface area contributed by atoms with E-state index in [-0.39, 0.29) is 36.8 Å². The molecule has 1 amide bonds. The molecule has 1 aliphatic heterocycles. The van der Waals surface area contributed by atoms with Crippen LogP contribution in [0.2, 0.25) is 0 Å². The van der Waals surface area contributed by atoms with E-state index < -0.39 is 6.10 Å². The van der Waals surface area contributed by atoms with E-state index in [1.54, 1.807) is 0 Å². The van der Waals surface area contributed by atoms with Crippen molar-refractivity contribution in [2.45, 2.75) is 78.3 Å². The van der Waals surface area contributed by atoms with Gasteiger partial charge in [-0.1, -0.05) is 31.2 Å². The lowest BCUT2D eigenvalue weighted by atomic mass is 9.95. The van der Waals surface area contributed by atoms with Crippen molar-refractivity contribution in [3.05, 3.63) is 86.3 Å². The number of H-pyrrole nitrogens is 1. The largest absolute Gasteiger partial charge is 0.394 e. The molecule has 2 unspecified atom stereocenters. The number of hydrogen-bond donors (Lipinski definition) is 6. The number of hydrogen-bond acceptors (Lipinski definition) is 7. The second-order valence-corrected chi connectivity index (χ2v) is 11.3. The molecule has 3 aromatic rings. The summed E-state index contributed by atoms with van der Waals surface area (Å²) in [5.74, 6) is -0.238. The monoisotopic (exact) mass is 576 g/mol. The van der Waals surface area contributed by atoms with Crippen LogP contribution < -0.4 is 21.5 Å². The van der Waals surface area contributed by atoms with Crippen LogP contribution >= 0.6 is 0 Å². The maximum atomic E-state index is 13.6. The Balaban J connectivity index is 1.60. The Hall–Kier alpha value is -3.50. The Labute approximate surface area is 247 Å². The number of anilines is 1. The van der Waals surface area contributed by atoms with Gasteiger partial charge in [0.15, 0.2) is 0 Å². The lowest BCUT2D eigenvalue weighted by Gasteiger charge is -2.31. The standard InChI is InChI=1S/C33H44N4O5/c1-5-28-15-26(10-11-42-28)37-31-14-25(24-8-6-23(7-9-24)16-34-17-27(39)19-38)13-29(22(31)4)32(40)35-18-30-20(2)12-21(3)36-33(30)41/h6-9,12-14,26-28,34,37-39H,5,10-11,15-19H2,1-4H3,(H,35,40)(H,36,41)/t26?,27?,28-/m0/s1. The van der Waals surface area contributed by atoms with Crippen molar-refractivity contribution in [3.63, 3.8) is 0 Å². The summed E-state index contributed by atoms with van der Waals surface area (Å²) < 4.78 is 5.88. The van der Waals surface area contributed by atoms with Gasteiger partial charge in [-0.15, -0.1) is 0 Å². The van der Waals surface area contributed by atoms with E-state index in [0.29, 0.717) is 30.8 Å². The number of carbonyl (C=O) groups is 1. The van der Waals surface area contributed by atoms with Gasteiger partial charge in [0.2, 0.25) is 0 Å². The van der Waals surface area contributed by atoms with Gasteiger partial charge < -0.3 is 35.9 Å². The van der Waals surface area contributed by atoms with Crippen LogP contribution in [0.15, 0.2) is 47.3 Å². The Morgan fingerprint density at radius 1 is 1.10 bits per heavy atom. The molecule has 1 aromatic heterocycles. The fourth-order valence-corrected chi connectivity index (χ4v) is 5.41. The number of ether oxygens (including phenoxy) is 1. The van der Waals surface area contributed by atoms with Gasteiger partial charge in [0.05, 0.1) is 18.8 Å². The number of nitrogens with one attached hydrogen (secondary N) is 4. The highest BCUT2D eigenvalue weighted by atomic mass is 16.5. The van der Waals surface area contributed by atoms with E-state index >= 15 is 0 Å². The summed E-state index contributed by atoms with van der Waals surface area (Å²) in [7, 11) is 0. The number of aliphatic hydroxyl groups is 2. The van der Waals surface area contributed by atoms with Crippen molar-refractivity contribution in [3.8, 4) is 11.1 Å². The topological polar surface area (TPSA) is 136 Å². The molecule has 9 nitrogen and oxygen atoms in total. The van der Waals surface area contributed by atoms with Gasteiger partial charge in [-0.2, -0.15) is 0 Å². The molecule has 42 heavy (non-hydrogen) atoms. The van der Waals surface area contributed by atoms with Crippen LogP contribution in [0.25, 0.3) is 11.1 Å². The number of aliphatic hydroxyl groups excluding tert-OH is 2. The molecule has 1 saturated heterocycles. The molecule has 2 heterocycles. The van der Waals surface area contributed by atoms with E-state index in [1.807, 2.05) is 57.2 Å². The molecule has 0 saturated carbocycles. The third kappa shape index (κ3) is 8.07. The molecule has 6 N–H and O–H groups in total. The minimum Gasteiger partial charge on any atom is -0.394 e. The first-order valence-electron chi connectivity index (χ1n) is 14.8. The number of aromatic amines is 1. The zero-order valence-corrected chi connectivity index (χ0v) is 25.0. The van der Waals surface area contributed by atoms with Crippen LogP contribution in [0.4, 0.5) is 5.69 Å². The zero-order valence-electron chi connectivity index (χ0n) is 25.0. The first kappa shape index (κ1) is 31.4. The van der Waals surface area contributed by atoms with Gasteiger partial charge in [0, 0.05) is 54.8 Å². The summed E-state index contributed by atoms with van der Waals surface area (Å²) in [5, 5.41) is 28.4.